The van der Waals surface area contributed by atoms with Crippen LogP contribution >= 0.6 is 0 Å². The van der Waals surface area contributed by atoms with Crippen molar-refractivity contribution < 1.29 is 24.4 Å². The van der Waals surface area contributed by atoms with Crippen molar-refractivity contribution in [3.8, 4) is 0 Å². The first-order chi connectivity index (χ1) is 14.9. The van der Waals surface area contributed by atoms with E-state index in [1.807, 2.05) is 12.1 Å². The van der Waals surface area contributed by atoms with Crippen molar-refractivity contribution >= 4 is 29.1 Å². The van der Waals surface area contributed by atoms with E-state index in [1.54, 1.807) is 18.2 Å². The van der Waals surface area contributed by atoms with Gasteiger partial charge in [0.05, 0.1) is 22.8 Å². The molecular formula is C22H21N3O6. The molecular weight excluding hydrogens is 402 g/mol. The van der Waals surface area contributed by atoms with Crippen molar-refractivity contribution in [2.24, 2.45) is 0 Å². The Balaban J connectivity index is 1.45. The summed E-state index contributed by atoms with van der Waals surface area (Å²) >= 11 is 0. The molecule has 160 valence electrons. The molecule has 0 spiro atoms. The Labute approximate surface area is 178 Å². The summed E-state index contributed by atoms with van der Waals surface area (Å²) in [6, 6.07) is 11.5. The highest BCUT2D eigenvalue weighted by atomic mass is 16.6. The number of hydrogen-bond donors (Lipinski definition) is 2. The van der Waals surface area contributed by atoms with Crippen molar-refractivity contribution in [3.63, 3.8) is 0 Å². The minimum atomic E-state index is -0.561. The van der Waals surface area contributed by atoms with E-state index in [0.29, 0.717) is 24.1 Å². The third-order valence-electron chi connectivity index (χ3n) is 4.88. The number of rotatable bonds is 9. The quantitative estimate of drug-likeness (QED) is 0.361. The van der Waals surface area contributed by atoms with Crippen molar-refractivity contribution in [2.75, 3.05) is 4.90 Å². The first-order valence-electron chi connectivity index (χ1n) is 9.68. The number of anilines is 1. The van der Waals surface area contributed by atoms with E-state index >= 15 is 0 Å². The number of hydrogen-bond acceptors (Lipinski definition) is 6. The van der Waals surface area contributed by atoms with E-state index in [9.17, 15) is 24.5 Å². The molecule has 9 nitrogen and oxygen atoms in total. The maximum atomic E-state index is 12.1. The fraction of sp³-hybridized carbons (Fsp3) is 0.227. The van der Waals surface area contributed by atoms with Crippen LogP contribution in [0.4, 0.5) is 11.4 Å². The predicted octanol–water partition coefficient (Wildman–Crippen LogP) is 2.16. The normalized spacial score (nSPS) is 13.0. The zero-order valence-electron chi connectivity index (χ0n) is 16.6. The zero-order chi connectivity index (χ0) is 22.4. The molecule has 0 aromatic heterocycles. The summed E-state index contributed by atoms with van der Waals surface area (Å²) in [5, 5.41) is 22.9. The number of carbonyl (C=O) groups is 3. The van der Waals surface area contributed by atoms with E-state index in [-0.39, 0.29) is 41.9 Å². The van der Waals surface area contributed by atoms with Gasteiger partial charge in [-0.1, -0.05) is 18.2 Å². The second-order valence-corrected chi connectivity index (χ2v) is 7.02. The van der Waals surface area contributed by atoms with Gasteiger partial charge in [0.15, 0.2) is 0 Å². The summed E-state index contributed by atoms with van der Waals surface area (Å²) < 4.78 is 0. The van der Waals surface area contributed by atoms with Crippen molar-refractivity contribution in [1.82, 2.24) is 5.32 Å². The Morgan fingerprint density at radius 1 is 1.03 bits per heavy atom. The number of nitro groups is 1. The number of carbonyl (C=O) groups excluding carboxylic acids is 3. The van der Waals surface area contributed by atoms with Crippen LogP contribution in [-0.2, 0) is 34.0 Å². The van der Waals surface area contributed by atoms with Crippen LogP contribution in [0.3, 0.4) is 0 Å². The number of aliphatic hydroxyl groups is 1. The number of nitrogens with zero attached hydrogens (tertiary/aromatic N) is 2. The Kier molecular flexibility index (Phi) is 6.88. The van der Waals surface area contributed by atoms with Crippen molar-refractivity contribution in [1.29, 1.82) is 0 Å². The molecule has 0 saturated heterocycles. The molecule has 2 N–H and O–H groups in total. The lowest BCUT2D eigenvalue weighted by Crippen LogP contribution is -2.29. The summed E-state index contributed by atoms with van der Waals surface area (Å²) in [6.45, 7) is -0.266. The van der Waals surface area contributed by atoms with Gasteiger partial charge in [-0.15, -0.1) is 0 Å². The molecule has 0 aliphatic carbocycles. The highest BCUT2D eigenvalue weighted by Crippen LogP contribution is 2.21. The maximum absolute atomic E-state index is 12.1. The highest BCUT2D eigenvalue weighted by molar-refractivity contribution is 6.28. The molecule has 0 radical (unpaired) electrons. The van der Waals surface area contributed by atoms with E-state index in [2.05, 4.69) is 5.32 Å². The molecule has 1 aliphatic heterocycles. The molecule has 3 rings (SSSR count). The van der Waals surface area contributed by atoms with Gasteiger partial charge >= 0.3 is 0 Å². The molecule has 1 aliphatic rings. The predicted molar refractivity (Wildman–Crippen MR) is 112 cm³/mol. The summed E-state index contributed by atoms with van der Waals surface area (Å²) in [4.78, 5) is 47.0. The molecule has 0 bridgehead atoms. The number of nitrogens with one attached hydrogen (secondary N) is 1. The molecule has 0 unspecified atom stereocenters. The number of imide groups is 1. The van der Waals surface area contributed by atoms with Crippen LogP contribution in [0, 0.1) is 10.1 Å². The average molecular weight is 423 g/mol. The SMILES string of the molecule is O=C(CCCc1ccc(N2C(=O)C=CC2=O)cc1)NCc1ccc(CO)c([N+](=O)[O-])c1. The molecule has 0 atom stereocenters. The average Bonchev–Trinajstić information content (AvgIpc) is 3.10. The third kappa shape index (κ3) is 5.40. The molecule has 2 aromatic rings. The van der Waals surface area contributed by atoms with E-state index in [4.69, 9.17) is 5.11 Å². The van der Waals surface area contributed by atoms with Gasteiger partial charge in [-0.25, -0.2) is 4.90 Å². The van der Waals surface area contributed by atoms with Crippen LogP contribution in [0.1, 0.15) is 29.5 Å². The molecule has 1 heterocycles. The van der Waals surface area contributed by atoms with Crippen LogP contribution in [-0.4, -0.2) is 27.8 Å². The molecule has 9 heteroatoms. The lowest BCUT2D eigenvalue weighted by molar-refractivity contribution is -0.385. The first-order valence-corrected chi connectivity index (χ1v) is 9.68. The van der Waals surface area contributed by atoms with Gasteiger partial charge in [0, 0.05) is 31.2 Å². The summed E-state index contributed by atoms with van der Waals surface area (Å²) in [5.41, 5.74) is 2.10. The van der Waals surface area contributed by atoms with Gasteiger partial charge in [0.1, 0.15) is 0 Å². The minimum Gasteiger partial charge on any atom is -0.391 e. The number of amides is 3. The third-order valence-corrected chi connectivity index (χ3v) is 4.88. The second-order valence-electron chi connectivity index (χ2n) is 7.02. The first kappa shape index (κ1) is 21.8. The zero-order valence-corrected chi connectivity index (χ0v) is 16.6. The van der Waals surface area contributed by atoms with Crippen molar-refractivity contribution in [2.45, 2.75) is 32.4 Å². The standard InChI is InChI=1S/C22H21N3O6/c26-14-17-7-4-16(12-19(17)25(30)31)13-23-20(27)3-1-2-15-5-8-18(9-6-15)24-21(28)10-11-22(24)29/h4-12,26H,1-3,13-14H2,(H,23,27). The van der Waals surface area contributed by atoms with E-state index < -0.39 is 11.5 Å². The Hall–Kier alpha value is -3.85. The summed E-state index contributed by atoms with van der Waals surface area (Å²) in [5.74, 6) is -0.915. The van der Waals surface area contributed by atoms with E-state index in [1.165, 1.54) is 24.3 Å². The van der Waals surface area contributed by atoms with Crippen LogP contribution in [0.5, 0.6) is 0 Å². The largest absolute Gasteiger partial charge is 0.391 e. The van der Waals surface area contributed by atoms with E-state index in [0.717, 1.165) is 10.5 Å². The number of aliphatic hydroxyl groups excluding tert-OH is 1. The van der Waals surface area contributed by atoms with Crippen LogP contribution < -0.4 is 10.2 Å². The highest BCUT2D eigenvalue weighted by Gasteiger charge is 2.24. The van der Waals surface area contributed by atoms with Crippen LogP contribution in [0.2, 0.25) is 0 Å². The molecule has 0 fully saturated rings. The molecule has 0 saturated carbocycles. The van der Waals surface area contributed by atoms with Crippen molar-refractivity contribution in [3.05, 3.63) is 81.4 Å². The molecule has 2 aromatic carbocycles. The monoisotopic (exact) mass is 423 g/mol. The minimum absolute atomic E-state index is 0.159. The number of aryl methyl sites for hydroxylation is 1. The molecule has 31 heavy (non-hydrogen) atoms. The topological polar surface area (TPSA) is 130 Å². The fourth-order valence-corrected chi connectivity index (χ4v) is 3.23. The van der Waals surface area contributed by atoms with Gasteiger partial charge in [-0.2, -0.15) is 0 Å². The Bertz CT molecular complexity index is 1030. The van der Waals surface area contributed by atoms with Gasteiger partial charge < -0.3 is 10.4 Å². The number of nitro benzene ring substituents is 1. The molecule has 3 amide bonds. The van der Waals surface area contributed by atoms with Gasteiger partial charge in [0.2, 0.25) is 5.91 Å². The summed E-state index contributed by atoms with van der Waals surface area (Å²) in [6.07, 6.45) is 3.98. The van der Waals surface area contributed by atoms with Gasteiger partial charge in [0.25, 0.3) is 17.5 Å². The maximum Gasteiger partial charge on any atom is 0.275 e. The lowest BCUT2D eigenvalue weighted by atomic mass is 10.1. The van der Waals surface area contributed by atoms with Gasteiger partial charge in [-0.3, -0.25) is 24.5 Å². The summed E-state index contributed by atoms with van der Waals surface area (Å²) in [7, 11) is 0. The van der Waals surface area contributed by atoms with Gasteiger partial charge in [-0.05, 0) is 42.2 Å². The number of benzene rings is 2. The van der Waals surface area contributed by atoms with Crippen LogP contribution in [0.15, 0.2) is 54.6 Å². The lowest BCUT2D eigenvalue weighted by Gasteiger charge is -2.14. The Morgan fingerprint density at radius 3 is 2.29 bits per heavy atom. The second kappa shape index (κ2) is 9.77. The fourth-order valence-electron chi connectivity index (χ4n) is 3.23. The smallest absolute Gasteiger partial charge is 0.275 e. The Morgan fingerprint density at radius 2 is 1.68 bits per heavy atom. The van der Waals surface area contributed by atoms with Crippen LogP contribution in [0.25, 0.3) is 0 Å².